The average molecular weight is 236 g/mol. The van der Waals surface area contributed by atoms with Crippen molar-refractivity contribution in [2.75, 3.05) is 12.4 Å². The molecule has 6 heteroatoms. The first-order chi connectivity index (χ1) is 8.08. The zero-order chi connectivity index (χ0) is 12.8. The molecule has 0 aliphatic carbocycles. The molecular formula is C11H12N2O4. The number of ether oxygens (including phenoxy) is 1. The van der Waals surface area contributed by atoms with E-state index in [1.165, 1.54) is 31.4 Å². The minimum Gasteiger partial charge on any atom is -0.494 e. The minimum atomic E-state index is -0.528. The fourth-order valence-corrected chi connectivity index (χ4v) is 1.22. The normalized spacial score (nSPS) is 10.2. The lowest BCUT2D eigenvalue weighted by Crippen LogP contribution is -2.09. The van der Waals surface area contributed by atoms with Crippen LogP contribution in [0.15, 0.2) is 30.4 Å². The van der Waals surface area contributed by atoms with Gasteiger partial charge in [-0.2, -0.15) is 0 Å². The van der Waals surface area contributed by atoms with Crippen LogP contribution in [0.25, 0.3) is 0 Å². The van der Waals surface area contributed by atoms with Crippen molar-refractivity contribution >= 4 is 17.3 Å². The van der Waals surface area contributed by atoms with E-state index in [2.05, 4.69) is 5.32 Å². The molecule has 1 aromatic carbocycles. The summed E-state index contributed by atoms with van der Waals surface area (Å²) in [4.78, 5) is 21.3. The zero-order valence-corrected chi connectivity index (χ0v) is 9.47. The molecule has 17 heavy (non-hydrogen) atoms. The van der Waals surface area contributed by atoms with Gasteiger partial charge in [-0.15, -0.1) is 0 Å². The van der Waals surface area contributed by atoms with E-state index < -0.39 is 4.92 Å². The summed E-state index contributed by atoms with van der Waals surface area (Å²) < 4.78 is 4.97. The highest BCUT2D eigenvalue weighted by molar-refractivity contribution is 6.00. The van der Waals surface area contributed by atoms with Crippen molar-refractivity contribution in [1.82, 2.24) is 0 Å². The molecule has 1 rings (SSSR count). The number of amides is 1. The van der Waals surface area contributed by atoms with Crippen LogP contribution in [0.4, 0.5) is 11.4 Å². The van der Waals surface area contributed by atoms with Crippen molar-refractivity contribution in [3.8, 4) is 5.75 Å². The van der Waals surface area contributed by atoms with Crippen LogP contribution in [0, 0.1) is 10.1 Å². The molecule has 0 bridgehead atoms. The van der Waals surface area contributed by atoms with E-state index in [0.717, 1.165) is 0 Å². The predicted molar refractivity (Wildman–Crippen MR) is 63.1 cm³/mol. The van der Waals surface area contributed by atoms with Crippen LogP contribution in [-0.4, -0.2) is 17.9 Å². The van der Waals surface area contributed by atoms with Crippen molar-refractivity contribution in [3.63, 3.8) is 0 Å². The number of methoxy groups -OCH3 is 1. The number of nitrogens with one attached hydrogen (secondary N) is 1. The fraction of sp³-hybridized carbons (Fsp3) is 0.182. The molecule has 1 aromatic rings. The topological polar surface area (TPSA) is 81.5 Å². The van der Waals surface area contributed by atoms with Gasteiger partial charge < -0.3 is 10.1 Å². The van der Waals surface area contributed by atoms with E-state index >= 15 is 0 Å². The second-order valence-electron chi connectivity index (χ2n) is 3.13. The number of non-ortho nitro benzene ring substituents is 1. The summed E-state index contributed by atoms with van der Waals surface area (Å²) in [6.45, 7) is 1.71. The van der Waals surface area contributed by atoms with Crippen molar-refractivity contribution in [2.45, 2.75) is 6.92 Å². The summed E-state index contributed by atoms with van der Waals surface area (Å²) in [7, 11) is 1.38. The van der Waals surface area contributed by atoms with Gasteiger partial charge in [-0.1, -0.05) is 6.08 Å². The number of carbonyl (C=O) groups excluding carboxylic acids is 1. The molecule has 0 radical (unpaired) electrons. The molecule has 90 valence electrons. The summed E-state index contributed by atoms with van der Waals surface area (Å²) >= 11 is 0. The van der Waals surface area contributed by atoms with Gasteiger partial charge >= 0.3 is 0 Å². The number of nitro benzene ring substituents is 1. The molecule has 0 unspecified atom stereocenters. The zero-order valence-electron chi connectivity index (χ0n) is 9.47. The van der Waals surface area contributed by atoms with Crippen molar-refractivity contribution in [3.05, 3.63) is 40.5 Å². The number of hydrogen-bond acceptors (Lipinski definition) is 4. The van der Waals surface area contributed by atoms with Gasteiger partial charge in [0.05, 0.1) is 23.8 Å². The van der Waals surface area contributed by atoms with Gasteiger partial charge in [0.1, 0.15) is 5.75 Å². The fourth-order valence-electron chi connectivity index (χ4n) is 1.22. The number of benzene rings is 1. The largest absolute Gasteiger partial charge is 0.494 e. The first kappa shape index (κ1) is 12.7. The maximum absolute atomic E-state index is 11.3. The molecular weight excluding hydrogens is 224 g/mol. The average Bonchev–Trinajstić information content (AvgIpc) is 2.29. The summed E-state index contributed by atoms with van der Waals surface area (Å²) in [6, 6.07) is 3.98. The number of nitrogens with zero attached hydrogens (tertiary/aromatic N) is 1. The van der Waals surface area contributed by atoms with Gasteiger partial charge in [0.2, 0.25) is 5.91 Å². The lowest BCUT2D eigenvalue weighted by atomic mass is 10.2. The Morgan fingerprint density at radius 1 is 1.53 bits per heavy atom. The van der Waals surface area contributed by atoms with E-state index in [1.54, 1.807) is 13.0 Å². The molecule has 0 heterocycles. The molecule has 0 aromatic heterocycles. The molecule has 0 spiro atoms. The SMILES string of the molecule is C/C=C/C(=O)Nc1ccc([N+](=O)[O-])cc1OC. The number of carbonyl (C=O) groups is 1. The van der Waals surface area contributed by atoms with Crippen molar-refractivity contribution in [1.29, 1.82) is 0 Å². The summed E-state index contributed by atoms with van der Waals surface area (Å²) in [6.07, 6.45) is 2.94. The van der Waals surface area contributed by atoms with E-state index in [4.69, 9.17) is 4.74 Å². The van der Waals surface area contributed by atoms with Gasteiger partial charge in [0, 0.05) is 6.07 Å². The highest BCUT2D eigenvalue weighted by Crippen LogP contribution is 2.28. The molecule has 0 atom stereocenters. The molecule has 0 aliphatic rings. The second kappa shape index (κ2) is 5.64. The van der Waals surface area contributed by atoms with E-state index in [9.17, 15) is 14.9 Å². The quantitative estimate of drug-likeness (QED) is 0.493. The van der Waals surface area contributed by atoms with Gasteiger partial charge in [-0.25, -0.2) is 0 Å². The first-order valence-electron chi connectivity index (χ1n) is 4.84. The Morgan fingerprint density at radius 3 is 2.76 bits per heavy atom. The number of anilines is 1. The van der Waals surface area contributed by atoms with Crippen molar-refractivity contribution < 1.29 is 14.5 Å². The van der Waals surface area contributed by atoms with Gasteiger partial charge in [-0.05, 0) is 19.1 Å². The number of nitro groups is 1. The van der Waals surface area contributed by atoms with Crippen LogP contribution in [0.1, 0.15) is 6.92 Å². The Hall–Kier alpha value is -2.37. The monoisotopic (exact) mass is 236 g/mol. The Balaban J connectivity index is 3.00. The Bertz CT molecular complexity index is 469. The molecule has 1 N–H and O–H groups in total. The maximum Gasteiger partial charge on any atom is 0.273 e. The van der Waals surface area contributed by atoms with E-state index in [-0.39, 0.29) is 17.3 Å². The Labute approximate surface area is 98.0 Å². The van der Waals surface area contributed by atoms with Crippen LogP contribution in [-0.2, 0) is 4.79 Å². The lowest BCUT2D eigenvalue weighted by molar-refractivity contribution is -0.384. The highest BCUT2D eigenvalue weighted by atomic mass is 16.6. The molecule has 0 saturated heterocycles. The van der Waals surface area contributed by atoms with Gasteiger partial charge in [-0.3, -0.25) is 14.9 Å². The number of allylic oxidation sites excluding steroid dienone is 1. The summed E-state index contributed by atoms with van der Waals surface area (Å²) in [5, 5.41) is 13.1. The van der Waals surface area contributed by atoms with Crippen LogP contribution in [0.5, 0.6) is 5.75 Å². The van der Waals surface area contributed by atoms with E-state index in [1.807, 2.05) is 0 Å². The Kier molecular flexibility index (Phi) is 4.21. The van der Waals surface area contributed by atoms with Crippen LogP contribution in [0.2, 0.25) is 0 Å². The van der Waals surface area contributed by atoms with Crippen LogP contribution in [0.3, 0.4) is 0 Å². The third kappa shape index (κ3) is 3.30. The molecule has 0 fully saturated rings. The van der Waals surface area contributed by atoms with Gasteiger partial charge in [0.25, 0.3) is 5.69 Å². The third-order valence-corrected chi connectivity index (χ3v) is 1.97. The lowest BCUT2D eigenvalue weighted by Gasteiger charge is -2.08. The smallest absolute Gasteiger partial charge is 0.273 e. The first-order valence-corrected chi connectivity index (χ1v) is 4.84. The highest BCUT2D eigenvalue weighted by Gasteiger charge is 2.12. The van der Waals surface area contributed by atoms with E-state index in [0.29, 0.717) is 5.69 Å². The van der Waals surface area contributed by atoms with Crippen molar-refractivity contribution in [2.24, 2.45) is 0 Å². The van der Waals surface area contributed by atoms with Crippen LogP contribution >= 0.6 is 0 Å². The predicted octanol–water partition coefficient (Wildman–Crippen LogP) is 2.12. The third-order valence-electron chi connectivity index (χ3n) is 1.97. The standard InChI is InChI=1S/C11H12N2O4/c1-3-4-11(14)12-9-6-5-8(13(15)16)7-10(9)17-2/h3-7H,1-2H3,(H,12,14)/b4-3+. The molecule has 6 nitrogen and oxygen atoms in total. The van der Waals surface area contributed by atoms with Gasteiger partial charge in [0.15, 0.2) is 0 Å². The molecule has 1 amide bonds. The Morgan fingerprint density at radius 2 is 2.24 bits per heavy atom. The molecule has 0 saturated carbocycles. The number of hydrogen-bond donors (Lipinski definition) is 1. The number of rotatable bonds is 4. The summed E-state index contributed by atoms with van der Waals surface area (Å²) in [5.41, 5.74) is 0.298. The van der Waals surface area contributed by atoms with Crippen LogP contribution < -0.4 is 10.1 Å². The minimum absolute atomic E-state index is 0.0918. The second-order valence-corrected chi connectivity index (χ2v) is 3.13. The molecule has 0 aliphatic heterocycles. The summed E-state index contributed by atoms with van der Waals surface area (Å²) in [5.74, 6) is -0.0725. The maximum atomic E-state index is 11.3.